The van der Waals surface area contributed by atoms with Crippen LogP contribution in [0.2, 0.25) is 4.34 Å². The number of para-hydroxylation sites is 1. The lowest BCUT2D eigenvalue weighted by Crippen LogP contribution is -2.48. The van der Waals surface area contributed by atoms with Gasteiger partial charge in [-0.05, 0) is 31.2 Å². The molecule has 0 atom stereocenters. The number of ether oxygens (including phenoxy) is 1. The van der Waals surface area contributed by atoms with Crippen molar-refractivity contribution in [2.75, 3.05) is 32.8 Å². The number of hydrogen-bond acceptors (Lipinski definition) is 8. The summed E-state index contributed by atoms with van der Waals surface area (Å²) in [4.78, 5) is 6.59. The molecule has 0 radical (unpaired) electrons. The summed E-state index contributed by atoms with van der Waals surface area (Å²) >= 11 is 6.96. The quantitative estimate of drug-likeness (QED) is 0.525. The van der Waals surface area contributed by atoms with Gasteiger partial charge in [0.25, 0.3) is 10.0 Å². The van der Waals surface area contributed by atoms with Gasteiger partial charge < -0.3 is 9.26 Å². The van der Waals surface area contributed by atoms with Crippen LogP contribution in [0.4, 0.5) is 0 Å². The second-order valence-electron chi connectivity index (χ2n) is 6.68. The van der Waals surface area contributed by atoms with Gasteiger partial charge in [-0.2, -0.15) is 9.29 Å². The van der Waals surface area contributed by atoms with Crippen molar-refractivity contribution in [2.24, 2.45) is 0 Å². The highest BCUT2D eigenvalue weighted by atomic mass is 35.5. The maximum atomic E-state index is 12.7. The first-order chi connectivity index (χ1) is 14.5. The smallest absolute Gasteiger partial charge is 0.252 e. The summed E-state index contributed by atoms with van der Waals surface area (Å²) in [5.41, 5.74) is 0.778. The number of benzene rings is 1. The van der Waals surface area contributed by atoms with Gasteiger partial charge in [0.2, 0.25) is 11.7 Å². The molecule has 0 N–H and O–H groups in total. The van der Waals surface area contributed by atoms with Crippen LogP contribution in [0.1, 0.15) is 12.8 Å². The van der Waals surface area contributed by atoms with E-state index < -0.39 is 10.0 Å². The van der Waals surface area contributed by atoms with Gasteiger partial charge in [-0.3, -0.25) is 4.90 Å². The van der Waals surface area contributed by atoms with Crippen molar-refractivity contribution < 1.29 is 17.7 Å². The van der Waals surface area contributed by atoms with Gasteiger partial charge in [0.1, 0.15) is 9.96 Å². The minimum Gasteiger partial charge on any atom is -0.493 e. The molecule has 0 unspecified atom stereocenters. The molecule has 1 aliphatic heterocycles. The summed E-state index contributed by atoms with van der Waals surface area (Å²) in [5.74, 6) is 1.67. The highest BCUT2D eigenvalue weighted by Gasteiger charge is 2.30. The Morgan fingerprint density at radius 2 is 1.93 bits per heavy atom. The lowest BCUT2D eigenvalue weighted by Gasteiger charge is -2.32. The molecule has 4 rings (SSSR count). The van der Waals surface area contributed by atoms with Gasteiger partial charge in [-0.1, -0.05) is 28.9 Å². The molecule has 0 bridgehead atoms. The van der Waals surface area contributed by atoms with E-state index in [2.05, 4.69) is 15.0 Å². The van der Waals surface area contributed by atoms with Crippen LogP contribution in [0.5, 0.6) is 5.75 Å². The SMILES string of the molecule is CCOc1ccccc1-c1noc(CN2CCN(S(=O)(=O)c3ccc(Cl)s3)CC2)n1. The number of nitrogens with zero attached hydrogens (tertiary/aromatic N) is 4. The van der Waals surface area contributed by atoms with E-state index in [4.69, 9.17) is 20.9 Å². The third-order valence-electron chi connectivity index (χ3n) is 4.73. The van der Waals surface area contributed by atoms with Crippen molar-refractivity contribution in [3.63, 3.8) is 0 Å². The third kappa shape index (κ3) is 4.52. The molecule has 1 aromatic carbocycles. The average molecular weight is 469 g/mol. The van der Waals surface area contributed by atoms with E-state index in [-0.39, 0.29) is 4.21 Å². The molecule has 3 heterocycles. The Morgan fingerprint density at radius 1 is 1.17 bits per heavy atom. The van der Waals surface area contributed by atoms with Crippen LogP contribution in [0.15, 0.2) is 45.1 Å². The Labute approximate surface area is 184 Å². The molecular weight excluding hydrogens is 448 g/mol. The first-order valence-corrected chi connectivity index (χ1v) is 12.1. The summed E-state index contributed by atoms with van der Waals surface area (Å²) in [6, 6.07) is 10.7. The summed E-state index contributed by atoms with van der Waals surface area (Å²) in [7, 11) is -3.50. The second kappa shape index (κ2) is 9.03. The number of sulfonamides is 1. The van der Waals surface area contributed by atoms with Gasteiger partial charge in [0.15, 0.2) is 0 Å². The van der Waals surface area contributed by atoms with Crippen LogP contribution in [0.3, 0.4) is 0 Å². The maximum Gasteiger partial charge on any atom is 0.252 e. The standard InChI is InChI=1S/C19H21ClN4O4S2/c1-2-27-15-6-4-3-5-14(15)19-21-17(28-22-19)13-23-9-11-24(12-10-23)30(25,26)18-8-7-16(20)29-18/h3-8H,2,9-13H2,1H3. The first kappa shape index (κ1) is 21.3. The molecule has 160 valence electrons. The lowest BCUT2D eigenvalue weighted by atomic mass is 10.2. The fourth-order valence-electron chi connectivity index (χ4n) is 3.24. The van der Waals surface area contributed by atoms with Crippen LogP contribution in [-0.2, 0) is 16.6 Å². The van der Waals surface area contributed by atoms with Gasteiger partial charge in [0, 0.05) is 26.2 Å². The zero-order chi connectivity index (χ0) is 21.1. The van der Waals surface area contributed by atoms with E-state index in [1.807, 2.05) is 31.2 Å². The predicted molar refractivity (Wildman–Crippen MR) is 114 cm³/mol. The molecule has 1 saturated heterocycles. The van der Waals surface area contributed by atoms with Crippen LogP contribution in [0, 0.1) is 0 Å². The normalized spacial score (nSPS) is 16.1. The minimum atomic E-state index is -3.50. The number of halogens is 1. The molecule has 30 heavy (non-hydrogen) atoms. The summed E-state index contributed by atoms with van der Waals surface area (Å²) in [6.07, 6.45) is 0. The van der Waals surface area contributed by atoms with Gasteiger partial charge >= 0.3 is 0 Å². The van der Waals surface area contributed by atoms with Gasteiger partial charge in [-0.15, -0.1) is 11.3 Å². The Balaban J connectivity index is 1.38. The van der Waals surface area contributed by atoms with Crippen molar-refractivity contribution >= 4 is 33.0 Å². The summed E-state index contributed by atoms with van der Waals surface area (Å²) in [6.45, 7) is 4.87. The van der Waals surface area contributed by atoms with E-state index in [0.29, 0.717) is 61.1 Å². The highest BCUT2D eigenvalue weighted by Crippen LogP contribution is 2.29. The van der Waals surface area contributed by atoms with E-state index in [1.54, 1.807) is 12.1 Å². The molecule has 11 heteroatoms. The molecule has 0 spiro atoms. The van der Waals surface area contributed by atoms with Crippen molar-refractivity contribution in [2.45, 2.75) is 17.7 Å². The number of piperazine rings is 1. The van der Waals surface area contributed by atoms with Crippen molar-refractivity contribution in [1.82, 2.24) is 19.3 Å². The van der Waals surface area contributed by atoms with E-state index in [0.717, 1.165) is 16.9 Å². The number of aromatic nitrogens is 2. The highest BCUT2D eigenvalue weighted by molar-refractivity contribution is 7.91. The largest absolute Gasteiger partial charge is 0.493 e. The fraction of sp³-hybridized carbons (Fsp3) is 0.368. The maximum absolute atomic E-state index is 12.7. The molecule has 1 aliphatic rings. The predicted octanol–water partition coefficient (Wildman–Crippen LogP) is 3.36. The topological polar surface area (TPSA) is 88.8 Å². The number of rotatable bonds is 7. The van der Waals surface area contributed by atoms with Gasteiger partial charge in [0.05, 0.1) is 23.1 Å². The molecule has 2 aromatic heterocycles. The Morgan fingerprint density at radius 3 is 2.63 bits per heavy atom. The van der Waals surface area contributed by atoms with Crippen LogP contribution in [-0.4, -0.2) is 60.5 Å². The van der Waals surface area contributed by atoms with E-state index >= 15 is 0 Å². The zero-order valence-electron chi connectivity index (χ0n) is 16.3. The van der Waals surface area contributed by atoms with Crippen molar-refractivity contribution in [1.29, 1.82) is 0 Å². The second-order valence-corrected chi connectivity index (χ2v) is 10.6. The average Bonchev–Trinajstić information content (AvgIpc) is 3.39. The van der Waals surface area contributed by atoms with E-state index in [9.17, 15) is 8.42 Å². The lowest BCUT2D eigenvalue weighted by molar-refractivity contribution is 0.163. The number of thiophene rings is 1. The summed E-state index contributed by atoms with van der Waals surface area (Å²) < 4.78 is 38.7. The third-order valence-corrected chi connectivity index (χ3v) is 8.33. The molecule has 3 aromatic rings. The monoisotopic (exact) mass is 468 g/mol. The minimum absolute atomic E-state index is 0.274. The Bertz CT molecular complexity index is 1110. The van der Waals surface area contributed by atoms with Crippen molar-refractivity contribution in [3.05, 3.63) is 46.6 Å². The molecule has 8 nitrogen and oxygen atoms in total. The Hall–Kier alpha value is -1.98. The molecule has 0 saturated carbocycles. The molecular formula is C19H21ClN4O4S2. The van der Waals surface area contributed by atoms with E-state index in [1.165, 1.54) is 4.31 Å². The van der Waals surface area contributed by atoms with Crippen LogP contribution < -0.4 is 4.74 Å². The van der Waals surface area contributed by atoms with Crippen LogP contribution in [0.25, 0.3) is 11.4 Å². The molecule has 1 fully saturated rings. The van der Waals surface area contributed by atoms with Gasteiger partial charge in [-0.25, -0.2) is 8.42 Å². The zero-order valence-corrected chi connectivity index (χ0v) is 18.7. The molecule has 0 aliphatic carbocycles. The fourth-order valence-corrected chi connectivity index (χ4v) is 6.30. The molecule has 0 amide bonds. The van der Waals surface area contributed by atoms with Crippen LogP contribution >= 0.6 is 22.9 Å². The van der Waals surface area contributed by atoms with Crippen molar-refractivity contribution in [3.8, 4) is 17.1 Å². The first-order valence-electron chi connectivity index (χ1n) is 9.50. The number of hydrogen-bond donors (Lipinski definition) is 0. The summed E-state index contributed by atoms with van der Waals surface area (Å²) in [5, 5.41) is 4.08. The Kier molecular flexibility index (Phi) is 6.40.